The van der Waals surface area contributed by atoms with Gasteiger partial charge in [0.2, 0.25) is 0 Å². The quantitative estimate of drug-likeness (QED) is 0.854. The molecule has 3 rings (SSSR count). The van der Waals surface area contributed by atoms with Gasteiger partial charge in [0.05, 0.1) is 17.2 Å². The maximum Gasteiger partial charge on any atom is 0.276 e. The van der Waals surface area contributed by atoms with E-state index >= 15 is 0 Å². The van der Waals surface area contributed by atoms with Gasteiger partial charge in [0.25, 0.3) is 5.91 Å². The molecule has 6 nitrogen and oxygen atoms in total. The molecular formula is C18H23ClN4O2. The molecule has 1 unspecified atom stereocenters. The summed E-state index contributed by atoms with van der Waals surface area (Å²) in [5, 5.41) is 11.1. The minimum atomic E-state index is -0.254. The summed E-state index contributed by atoms with van der Waals surface area (Å²) < 4.78 is 7.46. The predicted molar refractivity (Wildman–Crippen MR) is 98.5 cm³/mol. The molecule has 2 heterocycles. The van der Waals surface area contributed by atoms with Gasteiger partial charge in [0, 0.05) is 18.4 Å². The van der Waals surface area contributed by atoms with E-state index in [0.717, 1.165) is 25.9 Å². The van der Waals surface area contributed by atoms with Crippen molar-refractivity contribution >= 4 is 23.2 Å². The number of anilines is 1. The molecule has 134 valence electrons. The van der Waals surface area contributed by atoms with Crippen molar-refractivity contribution in [2.45, 2.75) is 38.8 Å². The average Bonchev–Trinajstić information content (AvgIpc) is 3.08. The zero-order chi connectivity index (χ0) is 17.8. The van der Waals surface area contributed by atoms with Gasteiger partial charge in [0.15, 0.2) is 5.69 Å². The van der Waals surface area contributed by atoms with Gasteiger partial charge in [-0.25, -0.2) is 0 Å². The van der Waals surface area contributed by atoms with E-state index in [9.17, 15) is 4.79 Å². The van der Waals surface area contributed by atoms with Crippen LogP contribution in [0.3, 0.4) is 0 Å². The summed E-state index contributed by atoms with van der Waals surface area (Å²) in [7, 11) is 0. The van der Waals surface area contributed by atoms with Crippen molar-refractivity contribution < 1.29 is 9.53 Å². The highest BCUT2D eigenvalue weighted by Crippen LogP contribution is 2.28. The summed E-state index contributed by atoms with van der Waals surface area (Å²) in [6, 6.07) is 7.24. The van der Waals surface area contributed by atoms with Crippen molar-refractivity contribution in [2.24, 2.45) is 0 Å². The second-order valence-corrected chi connectivity index (χ2v) is 6.85. The summed E-state index contributed by atoms with van der Waals surface area (Å²) in [6.45, 7) is 5.80. The fraction of sp³-hybridized carbons (Fsp3) is 0.444. The number of amides is 1. The van der Waals surface area contributed by atoms with Gasteiger partial charge in [-0.2, -0.15) is 5.10 Å². The van der Waals surface area contributed by atoms with E-state index in [0.29, 0.717) is 28.2 Å². The minimum absolute atomic E-state index is 0.0381. The third kappa shape index (κ3) is 4.52. The highest BCUT2D eigenvalue weighted by atomic mass is 35.5. The lowest BCUT2D eigenvalue weighted by atomic mass is 10.1. The number of aromatic nitrogens is 2. The topological polar surface area (TPSA) is 68.2 Å². The SMILES string of the molecule is CC(C)Oc1ccc(NC(=O)c2ccn(C3CCCNC3)n2)cc1Cl. The number of nitrogens with zero attached hydrogens (tertiary/aromatic N) is 2. The molecule has 1 aromatic carbocycles. The van der Waals surface area contributed by atoms with Crippen LogP contribution in [-0.2, 0) is 0 Å². The van der Waals surface area contributed by atoms with Crippen molar-refractivity contribution in [3.8, 4) is 5.75 Å². The molecule has 0 bridgehead atoms. The minimum Gasteiger partial charge on any atom is -0.489 e. The largest absolute Gasteiger partial charge is 0.489 e. The standard InChI is InChI=1S/C18H23ClN4O2/c1-12(2)25-17-6-5-13(10-15(17)19)21-18(24)16-7-9-23(22-16)14-4-3-8-20-11-14/h5-7,9-10,12,14,20H,3-4,8,11H2,1-2H3,(H,21,24). The normalized spacial score (nSPS) is 17.5. The van der Waals surface area contributed by atoms with Crippen LogP contribution < -0.4 is 15.4 Å². The molecule has 1 saturated heterocycles. The molecule has 25 heavy (non-hydrogen) atoms. The van der Waals surface area contributed by atoms with Crippen molar-refractivity contribution in [1.29, 1.82) is 0 Å². The zero-order valence-corrected chi connectivity index (χ0v) is 15.2. The summed E-state index contributed by atoms with van der Waals surface area (Å²) in [5.41, 5.74) is 1.00. The highest BCUT2D eigenvalue weighted by molar-refractivity contribution is 6.32. The highest BCUT2D eigenvalue weighted by Gasteiger charge is 2.18. The number of hydrogen-bond acceptors (Lipinski definition) is 4. The fourth-order valence-electron chi connectivity index (χ4n) is 2.84. The van der Waals surface area contributed by atoms with Crippen molar-refractivity contribution in [1.82, 2.24) is 15.1 Å². The van der Waals surface area contributed by atoms with Crippen LogP contribution in [0.5, 0.6) is 5.75 Å². The third-order valence-electron chi connectivity index (χ3n) is 4.04. The maximum atomic E-state index is 12.4. The Morgan fingerprint density at radius 3 is 2.96 bits per heavy atom. The van der Waals surface area contributed by atoms with Crippen molar-refractivity contribution in [3.05, 3.63) is 41.2 Å². The lowest BCUT2D eigenvalue weighted by molar-refractivity contribution is 0.102. The summed E-state index contributed by atoms with van der Waals surface area (Å²) in [5.74, 6) is 0.347. The molecule has 0 radical (unpaired) electrons. The van der Waals surface area contributed by atoms with Gasteiger partial charge in [-0.05, 0) is 57.5 Å². The lowest BCUT2D eigenvalue weighted by Crippen LogP contribution is -2.32. The molecule has 2 aromatic rings. The molecular weight excluding hydrogens is 340 g/mol. The smallest absolute Gasteiger partial charge is 0.276 e. The average molecular weight is 363 g/mol. The molecule has 0 aliphatic carbocycles. The first-order chi connectivity index (χ1) is 12.0. The molecule has 1 amide bonds. The van der Waals surface area contributed by atoms with Gasteiger partial charge in [-0.15, -0.1) is 0 Å². The third-order valence-corrected chi connectivity index (χ3v) is 4.33. The number of carbonyl (C=O) groups is 1. The number of nitrogens with one attached hydrogen (secondary N) is 2. The first-order valence-corrected chi connectivity index (χ1v) is 8.94. The second-order valence-electron chi connectivity index (χ2n) is 6.45. The summed E-state index contributed by atoms with van der Waals surface area (Å²) in [4.78, 5) is 12.4. The van der Waals surface area contributed by atoms with Gasteiger partial charge >= 0.3 is 0 Å². The summed E-state index contributed by atoms with van der Waals surface area (Å²) in [6.07, 6.45) is 4.09. The molecule has 7 heteroatoms. The van der Waals surface area contributed by atoms with E-state index in [4.69, 9.17) is 16.3 Å². The van der Waals surface area contributed by atoms with E-state index in [1.165, 1.54) is 0 Å². The van der Waals surface area contributed by atoms with Gasteiger partial charge < -0.3 is 15.4 Å². The van der Waals surface area contributed by atoms with Crippen LogP contribution in [-0.4, -0.2) is 34.9 Å². The predicted octanol–water partition coefficient (Wildman–Crippen LogP) is 3.50. The number of hydrogen-bond donors (Lipinski definition) is 2. The Balaban J connectivity index is 1.66. The zero-order valence-electron chi connectivity index (χ0n) is 14.5. The van der Waals surface area contributed by atoms with E-state index in [-0.39, 0.29) is 12.0 Å². The molecule has 0 saturated carbocycles. The van der Waals surface area contributed by atoms with E-state index in [1.807, 2.05) is 24.7 Å². The number of benzene rings is 1. The first kappa shape index (κ1) is 17.8. The molecule has 2 N–H and O–H groups in total. The van der Waals surface area contributed by atoms with Crippen LogP contribution in [0.2, 0.25) is 5.02 Å². The van der Waals surface area contributed by atoms with Crippen LogP contribution in [0, 0.1) is 0 Å². The van der Waals surface area contributed by atoms with Crippen LogP contribution in [0.15, 0.2) is 30.5 Å². The molecule has 1 aromatic heterocycles. The second kappa shape index (κ2) is 7.89. The Labute approximate surface area is 152 Å². The van der Waals surface area contributed by atoms with Crippen LogP contribution in [0.1, 0.15) is 43.2 Å². The van der Waals surface area contributed by atoms with Crippen molar-refractivity contribution in [3.63, 3.8) is 0 Å². The molecule has 1 fully saturated rings. The van der Waals surface area contributed by atoms with Gasteiger partial charge in [0.1, 0.15) is 5.75 Å². The van der Waals surface area contributed by atoms with E-state index < -0.39 is 0 Å². The Morgan fingerprint density at radius 1 is 1.44 bits per heavy atom. The van der Waals surface area contributed by atoms with Crippen LogP contribution in [0.25, 0.3) is 0 Å². The molecule has 1 atom stereocenters. The molecule has 1 aliphatic rings. The summed E-state index contributed by atoms with van der Waals surface area (Å²) >= 11 is 6.21. The molecule has 0 spiro atoms. The van der Waals surface area contributed by atoms with Gasteiger partial charge in [-0.3, -0.25) is 9.48 Å². The van der Waals surface area contributed by atoms with Gasteiger partial charge in [-0.1, -0.05) is 11.6 Å². The number of piperidine rings is 1. The Hall–Kier alpha value is -2.05. The van der Waals surface area contributed by atoms with E-state index in [1.54, 1.807) is 24.3 Å². The Bertz CT molecular complexity index is 738. The number of rotatable bonds is 5. The number of halogens is 1. The number of carbonyl (C=O) groups excluding carboxylic acids is 1. The van der Waals surface area contributed by atoms with Crippen LogP contribution in [0.4, 0.5) is 5.69 Å². The number of ether oxygens (including phenoxy) is 1. The Kier molecular flexibility index (Phi) is 5.60. The lowest BCUT2D eigenvalue weighted by Gasteiger charge is -2.22. The monoisotopic (exact) mass is 362 g/mol. The fourth-order valence-corrected chi connectivity index (χ4v) is 3.07. The molecule has 1 aliphatic heterocycles. The first-order valence-electron chi connectivity index (χ1n) is 8.56. The Morgan fingerprint density at radius 2 is 2.28 bits per heavy atom. The van der Waals surface area contributed by atoms with Crippen molar-refractivity contribution in [2.75, 3.05) is 18.4 Å². The maximum absolute atomic E-state index is 12.4. The van der Waals surface area contributed by atoms with E-state index in [2.05, 4.69) is 15.7 Å². The van der Waals surface area contributed by atoms with Crippen LogP contribution >= 0.6 is 11.6 Å².